The Kier molecular flexibility index (Phi) is 5.34. The quantitative estimate of drug-likeness (QED) is 0.521. The van der Waals surface area contributed by atoms with E-state index in [1.807, 2.05) is 55.5 Å². The average Bonchev–Trinajstić information content (AvgIpc) is 3.43. The molecule has 1 N–H and O–H groups in total. The molecule has 2 bridgehead atoms. The summed E-state index contributed by atoms with van der Waals surface area (Å²) in [6.45, 7) is 6.51. The van der Waals surface area contributed by atoms with E-state index in [-0.39, 0.29) is 29.5 Å². The van der Waals surface area contributed by atoms with Gasteiger partial charge in [0.2, 0.25) is 5.91 Å². The van der Waals surface area contributed by atoms with E-state index in [1.54, 1.807) is 6.26 Å². The standard InChI is InChI=1S/C28H32BNO4/c1-17-20-13-23(17)28(3)25(14-20)33-29(34-28)26(15-21-16-32-24-12-8-7-11-22(21)24)30-27(31)18(2)19-9-5-4-6-10-19/h4-12,16-18,20,23,25-26H,13-15H2,1-3H3,(H,30,31)/t17?,18-,20?,23?,25?,26-,28-/m0/s1. The second kappa shape index (κ2) is 8.28. The first-order chi connectivity index (χ1) is 16.4. The lowest BCUT2D eigenvalue weighted by molar-refractivity contribution is -0.152. The monoisotopic (exact) mass is 457 g/mol. The largest absolute Gasteiger partial charge is 0.482 e. The van der Waals surface area contributed by atoms with Crippen molar-refractivity contribution >= 4 is 24.0 Å². The van der Waals surface area contributed by atoms with Gasteiger partial charge in [-0.1, -0.05) is 55.5 Å². The van der Waals surface area contributed by atoms with Gasteiger partial charge in [-0.25, -0.2) is 0 Å². The summed E-state index contributed by atoms with van der Waals surface area (Å²) in [6.07, 6.45) is 4.73. The van der Waals surface area contributed by atoms with Gasteiger partial charge in [-0.3, -0.25) is 4.79 Å². The summed E-state index contributed by atoms with van der Waals surface area (Å²) in [5.74, 6) is 1.33. The number of benzene rings is 2. The number of furan rings is 1. The third-order valence-electron chi connectivity index (χ3n) is 8.85. The third-order valence-corrected chi connectivity index (χ3v) is 8.85. The van der Waals surface area contributed by atoms with Crippen molar-refractivity contribution in [3.63, 3.8) is 0 Å². The van der Waals surface area contributed by atoms with Gasteiger partial charge in [0.15, 0.2) is 0 Å². The van der Waals surface area contributed by atoms with Crippen LogP contribution in [0, 0.1) is 17.8 Å². The predicted octanol–water partition coefficient (Wildman–Crippen LogP) is 5.14. The van der Waals surface area contributed by atoms with Crippen molar-refractivity contribution in [2.24, 2.45) is 17.8 Å². The molecule has 34 heavy (non-hydrogen) atoms. The van der Waals surface area contributed by atoms with Gasteiger partial charge in [-0.2, -0.15) is 0 Å². The van der Waals surface area contributed by atoms with Gasteiger partial charge in [-0.15, -0.1) is 0 Å². The molecule has 4 unspecified atom stereocenters. The van der Waals surface area contributed by atoms with Crippen molar-refractivity contribution in [3.8, 4) is 0 Å². The minimum absolute atomic E-state index is 0.0195. The average molecular weight is 457 g/mol. The zero-order valence-corrected chi connectivity index (χ0v) is 20.1. The smallest absolute Gasteiger partial charge is 0.464 e. The number of carbonyl (C=O) groups excluding carboxylic acids is 1. The maximum Gasteiger partial charge on any atom is 0.482 e. The van der Waals surface area contributed by atoms with Crippen LogP contribution in [0.2, 0.25) is 0 Å². The molecule has 1 amide bonds. The molecule has 5 nitrogen and oxygen atoms in total. The molecule has 3 aliphatic carbocycles. The molecule has 4 aliphatic rings. The topological polar surface area (TPSA) is 60.7 Å². The SMILES string of the molecule is CC1C2CC3OB([C@H](Cc4coc5ccccc45)NC(=O)[C@@H](C)c4ccccc4)O[C@@]3(C)C1C2. The Balaban J connectivity index is 1.27. The van der Waals surface area contributed by atoms with Gasteiger partial charge in [0.25, 0.3) is 0 Å². The second-order valence-corrected chi connectivity index (χ2v) is 10.7. The van der Waals surface area contributed by atoms with E-state index in [0.717, 1.165) is 34.4 Å². The molecule has 7 rings (SSSR count). The molecule has 6 heteroatoms. The third kappa shape index (κ3) is 3.50. The van der Waals surface area contributed by atoms with Crippen molar-refractivity contribution in [1.82, 2.24) is 5.32 Å². The Morgan fingerprint density at radius 1 is 1.15 bits per heavy atom. The lowest BCUT2D eigenvalue weighted by atomic mass is 9.51. The molecular weight excluding hydrogens is 425 g/mol. The van der Waals surface area contributed by atoms with Crippen molar-refractivity contribution < 1.29 is 18.5 Å². The van der Waals surface area contributed by atoms with Crippen LogP contribution in [0.3, 0.4) is 0 Å². The van der Waals surface area contributed by atoms with E-state index in [0.29, 0.717) is 18.3 Å². The molecular formula is C28H32BNO4. The maximum absolute atomic E-state index is 13.4. The molecule has 3 saturated carbocycles. The van der Waals surface area contributed by atoms with Crippen molar-refractivity contribution in [1.29, 1.82) is 0 Å². The molecule has 0 radical (unpaired) electrons. The molecule has 7 atom stereocenters. The minimum atomic E-state index is -0.484. The number of para-hydroxylation sites is 1. The van der Waals surface area contributed by atoms with Crippen LogP contribution >= 0.6 is 0 Å². The second-order valence-electron chi connectivity index (χ2n) is 10.7. The fourth-order valence-electron chi connectivity index (χ4n) is 6.52. The highest BCUT2D eigenvalue weighted by Gasteiger charge is 2.64. The molecule has 3 aromatic rings. The highest BCUT2D eigenvalue weighted by Crippen LogP contribution is 2.59. The van der Waals surface area contributed by atoms with E-state index in [1.165, 1.54) is 6.42 Å². The summed E-state index contributed by atoms with van der Waals surface area (Å²) >= 11 is 0. The molecule has 1 saturated heterocycles. The van der Waals surface area contributed by atoms with Crippen LogP contribution < -0.4 is 5.32 Å². The fraction of sp³-hybridized carbons (Fsp3) is 0.464. The predicted molar refractivity (Wildman–Crippen MR) is 132 cm³/mol. The molecule has 2 aromatic carbocycles. The van der Waals surface area contributed by atoms with E-state index in [9.17, 15) is 4.79 Å². The zero-order chi connectivity index (χ0) is 23.4. The van der Waals surface area contributed by atoms with Gasteiger partial charge in [-0.05, 0) is 68.1 Å². The van der Waals surface area contributed by atoms with E-state index < -0.39 is 7.12 Å². The Bertz CT molecular complexity index is 1200. The Morgan fingerprint density at radius 2 is 1.91 bits per heavy atom. The van der Waals surface area contributed by atoms with Crippen LogP contribution in [0.1, 0.15) is 50.7 Å². The molecule has 4 fully saturated rings. The van der Waals surface area contributed by atoms with Crippen molar-refractivity contribution in [2.75, 3.05) is 0 Å². The van der Waals surface area contributed by atoms with Crippen molar-refractivity contribution in [3.05, 3.63) is 72.0 Å². The van der Waals surface area contributed by atoms with Crippen LogP contribution in [0.25, 0.3) is 11.0 Å². The van der Waals surface area contributed by atoms with E-state index in [4.69, 9.17) is 13.7 Å². The summed E-state index contributed by atoms with van der Waals surface area (Å²) in [4.78, 5) is 13.4. The van der Waals surface area contributed by atoms with Gasteiger partial charge < -0.3 is 19.0 Å². The molecule has 176 valence electrons. The van der Waals surface area contributed by atoms with Gasteiger partial charge in [0, 0.05) is 5.39 Å². The Morgan fingerprint density at radius 3 is 2.71 bits per heavy atom. The van der Waals surface area contributed by atoms with Crippen LogP contribution in [-0.4, -0.2) is 30.7 Å². The summed E-state index contributed by atoms with van der Waals surface area (Å²) in [7, 11) is -0.484. The van der Waals surface area contributed by atoms with Gasteiger partial charge in [0.1, 0.15) is 5.58 Å². The number of nitrogens with one attached hydrogen (secondary N) is 1. The summed E-state index contributed by atoms with van der Waals surface area (Å²) in [5, 5.41) is 4.36. The molecule has 0 spiro atoms. The lowest BCUT2D eigenvalue weighted by Crippen LogP contribution is -2.60. The number of hydrogen-bond acceptors (Lipinski definition) is 4. The molecule has 2 heterocycles. The van der Waals surface area contributed by atoms with Crippen molar-refractivity contribution in [2.45, 2.75) is 63.6 Å². The first-order valence-electron chi connectivity index (χ1n) is 12.6. The van der Waals surface area contributed by atoms with Crippen LogP contribution in [-0.2, 0) is 20.5 Å². The maximum atomic E-state index is 13.4. The fourth-order valence-corrected chi connectivity index (χ4v) is 6.52. The first-order valence-corrected chi connectivity index (χ1v) is 12.6. The van der Waals surface area contributed by atoms with E-state index >= 15 is 0 Å². The highest BCUT2D eigenvalue weighted by molar-refractivity contribution is 6.48. The number of amides is 1. The Hall–Kier alpha value is -2.57. The number of hydrogen-bond donors (Lipinski definition) is 1. The zero-order valence-electron chi connectivity index (χ0n) is 20.1. The normalized spacial score (nSPS) is 31.6. The van der Waals surface area contributed by atoms with Crippen LogP contribution in [0.15, 0.2) is 65.3 Å². The molecule has 1 aromatic heterocycles. The van der Waals surface area contributed by atoms with Gasteiger partial charge >= 0.3 is 7.12 Å². The van der Waals surface area contributed by atoms with Crippen LogP contribution in [0.5, 0.6) is 0 Å². The minimum Gasteiger partial charge on any atom is -0.464 e. The number of rotatable bonds is 6. The number of carbonyl (C=O) groups is 1. The summed E-state index contributed by atoms with van der Waals surface area (Å²) in [6, 6.07) is 17.9. The highest BCUT2D eigenvalue weighted by atomic mass is 16.7. The first kappa shape index (κ1) is 21.9. The molecule has 1 aliphatic heterocycles. The summed E-state index contributed by atoms with van der Waals surface area (Å²) in [5.41, 5.74) is 2.61. The van der Waals surface area contributed by atoms with Crippen LogP contribution in [0.4, 0.5) is 0 Å². The lowest BCUT2D eigenvalue weighted by Gasteiger charge is -2.58. The number of fused-ring (bicyclic) bond motifs is 1. The van der Waals surface area contributed by atoms with E-state index in [2.05, 4.69) is 25.2 Å². The Labute approximate surface area is 201 Å². The summed E-state index contributed by atoms with van der Waals surface area (Å²) < 4.78 is 19.1. The van der Waals surface area contributed by atoms with Gasteiger partial charge in [0.05, 0.1) is 29.8 Å².